The first-order chi connectivity index (χ1) is 9.53. The molecule has 0 fully saturated rings. The lowest BCUT2D eigenvalue weighted by Crippen LogP contribution is -2.37. The van der Waals surface area contributed by atoms with Crippen molar-refractivity contribution in [3.63, 3.8) is 0 Å². The number of rotatable bonds is 3. The van der Waals surface area contributed by atoms with Gasteiger partial charge in [0, 0.05) is 23.9 Å². The molecular formula is C14H17NO5. The SMILES string of the molecule is CCN1C=C2C=C(OC)C(O)C(=O)C2=C(C(=O)OC)C1. The minimum absolute atomic E-state index is 0.173. The molecule has 0 bridgehead atoms. The highest BCUT2D eigenvalue weighted by atomic mass is 16.5. The van der Waals surface area contributed by atoms with E-state index in [9.17, 15) is 14.7 Å². The standard InChI is InChI=1S/C14H17NO5/c1-4-15-6-8-5-10(19-2)12(16)13(17)11(8)9(7-15)14(18)20-3/h5-6,12,16H,4,7H2,1-3H3. The van der Waals surface area contributed by atoms with Gasteiger partial charge in [-0.25, -0.2) is 4.79 Å². The van der Waals surface area contributed by atoms with Gasteiger partial charge in [-0.15, -0.1) is 0 Å². The van der Waals surface area contributed by atoms with E-state index in [0.29, 0.717) is 12.1 Å². The summed E-state index contributed by atoms with van der Waals surface area (Å²) in [5.41, 5.74) is 1.04. The van der Waals surface area contributed by atoms with Gasteiger partial charge in [0.05, 0.1) is 26.3 Å². The number of aliphatic hydroxyl groups is 1. The summed E-state index contributed by atoms with van der Waals surface area (Å²) in [6.45, 7) is 2.91. The van der Waals surface area contributed by atoms with Crippen LogP contribution in [0.5, 0.6) is 0 Å². The second-order valence-electron chi connectivity index (χ2n) is 4.51. The Balaban J connectivity index is 2.59. The molecule has 0 saturated heterocycles. The third kappa shape index (κ3) is 2.22. The predicted molar refractivity (Wildman–Crippen MR) is 70.5 cm³/mol. The van der Waals surface area contributed by atoms with Crippen molar-refractivity contribution in [3.05, 3.63) is 34.8 Å². The van der Waals surface area contributed by atoms with Crippen LogP contribution in [-0.4, -0.2) is 55.2 Å². The van der Waals surface area contributed by atoms with Gasteiger partial charge >= 0.3 is 5.97 Å². The number of ketones is 1. The summed E-state index contributed by atoms with van der Waals surface area (Å²) in [6.07, 6.45) is 1.98. The van der Waals surface area contributed by atoms with Gasteiger partial charge in [-0.2, -0.15) is 0 Å². The quantitative estimate of drug-likeness (QED) is 0.741. The Hall–Kier alpha value is -2.08. The Kier molecular flexibility index (Phi) is 3.94. The van der Waals surface area contributed by atoms with Gasteiger partial charge in [0.2, 0.25) is 0 Å². The van der Waals surface area contributed by atoms with Crippen molar-refractivity contribution in [2.75, 3.05) is 27.3 Å². The maximum Gasteiger partial charge on any atom is 0.336 e. The van der Waals surface area contributed by atoms with Crippen LogP contribution in [0.3, 0.4) is 0 Å². The molecule has 0 radical (unpaired) electrons. The van der Waals surface area contributed by atoms with Crippen LogP contribution in [0, 0.1) is 0 Å². The topological polar surface area (TPSA) is 76.1 Å². The number of hydrogen-bond acceptors (Lipinski definition) is 6. The van der Waals surface area contributed by atoms with E-state index in [1.807, 2.05) is 11.8 Å². The zero-order valence-corrected chi connectivity index (χ0v) is 11.7. The fourth-order valence-corrected chi connectivity index (χ4v) is 2.33. The van der Waals surface area contributed by atoms with Crippen LogP contribution < -0.4 is 0 Å². The van der Waals surface area contributed by atoms with E-state index in [1.165, 1.54) is 14.2 Å². The lowest BCUT2D eigenvalue weighted by atomic mass is 9.85. The zero-order chi connectivity index (χ0) is 14.9. The molecule has 1 N–H and O–H groups in total. The van der Waals surface area contributed by atoms with Crippen molar-refractivity contribution in [3.8, 4) is 0 Å². The average Bonchev–Trinajstić information content (AvgIpc) is 2.48. The van der Waals surface area contributed by atoms with Crippen LogP contribution >= 0.6 is 0 Å². The number of allylic oxidation sites excluding steroid dienone is 2. The minimum Gasteiger partial charge on any atom is -0.498 e. The van der Waals surface area contributed by atoms with Crippen molar-refractivity contribution < 1.29 is 24.2 Å². The average molecular weight is 279 g/mol. The Bertz CT molecular complexity index is 544. The normalized spacial score (nSPS) is 22.1. The number of ether oxygens (including phenoxy) is 2. The van der Waals surface area contributed by atoms with Crippen molar-refractivity contribution in [1.82, 2.24) is 4.90 Å². The summed E-state index contributed by atoms with van der Waals surface area (Å²) in [7, 11) is 2.66. The van der Waals surface area contributed by atoms with Crippen LogP contribution in [0.25, 0.3) is 0 Å². The lowest BCUT2D eigenvalue weighted by Gasteiger charge is -2.31. The maximum absolute atomic E-state index is 12.3. The predicted octanol–water partition coefficient (Wildman–Crippen LogP) is 0.149. The molecule has 0 aromatic rings. The lowest BCUT2D eigenvalue weighted by molar-refractivity contribution is -0.137. The molecule has 1 unspecified atom stereocenters. The number of methoxy groups -OCH3 is 2. The molecule has 0 amide bonds. The van der Waals surface area contributed by atoms with Crippen molar-refractivity contribution in [2.45, 2.75) is 13.0 Å². The molecule has 20 heavy (non-hydrogen) atoms. The third-order valence-electron chi connectivity index (χ3n) is 3.41. The first-order valence-electron chi connectivity index (χ1n) is 6.29. The van der Waals surface area contributed by atoms with Crippen molar-refractivity contribution in [2.24, 2.45) is 0 Å². The largest absolute Gasteiger partial charge is 0.498 e. The summed E-state index contributed by atoms with van der Waals surface area (Å²) in [5.74, 6) is -0.919. The van der Waals surface area contributed by atoms with E-state index < -0.39 is 17.9 Å². The van der Waals surface area contributed by atoms with Gasteiger partial charge in [-0.05, 0) is 13.0 Å². The third-order valence-corrected chi connectivity index (χ3v) is 3.41. The molecule has 2 rings (SSSR count). The molecular weight excluding hydrogens is 262 g/mol. The van der Waals surface area contributed by atoms with Gasteiger partial charge in [0.25, 0.3) is 0 Å². The fourth-order valence-electron chi connectivity index (χ4n) is 2.33. The van der Waals surface area contributed by atoms with Crippen molar-refractivity contribution in [1.29, 1.82) is 0 Å². The molecule has 0 spiro atoms. The molecule has 6 heteroatoms. The highest BCUT2D eigenvalue weighted by molar-refractivity contribution is 6.12. The number of esters is 1. The van der Waals surface area contributed by atoms with Gasteiger partial charge in [0.1, 0.15) is 5.76 Å². The fraction of sp³-hybridized carbons (Fsp3) is 0.429. The Morgan fingerprint density at radius 2 is 2.20 bits per heavy atom. The Morgan fingerprint density at radius 1 is 1.50 bits per heavy atom. The van der Waals surface area contributed by atoms with Crippen LogP contribution in [0.15, 0.2) is 34.8 Å². The first-order valence-corrected chi connectivity index (χ1v) is 6.29. The van der Waals surface area contributed by atoms with E-state index in [2.05, 4.69) is 0 Å². The van der Waals surface area contributed by atoms with Gasteiger partial charge in [-0.3, -0.25) is 4.79 Å². The number of hydrogen-bond donors (Lipinski definition) is 1. The molecule has 108 valence electrons. The van der Waals surface area contributed by atoms with E-state index >= 15 is 0 Å². The highest BCUT2D eigenvalue weighted by Crippen LogP contribution is 2.32. The molecule has 1 heterocycles. The van der Waals surface area contributed by atoms with Crippen LogP contribution in [0.1, 0.15) is 6.92 Å². The van der Waals surface area contributed by atoms with E-state index in [4.69, 9.17) is 9.47 Å². The summed E-state index contributed by atoms with van der Waals surface area (Å²) < 4.78 is 9.74. The molecule has 0 saturated carbocycles. The molecule has 1 atom stereocenters. The summed E-state index contributed by atoms with van der Waals surface area (Å²) >= 11 is 0. The van der Waals surface area contributed by atoms with Gasteiger partial charge < -0.3 is 19.5 Å². The van der Waals surface area contributed by atoms with Crippen LogP contribution in [-0.2, 0) is 19.1 Å². The summed E-state index contributed by atoms with van der Waals surface area (Å²) in [6, 6.07) is 0. The maximum atomic E-state index is 12.3. The van der Waals surface area contributed by atoms with Crippen molar-refractivity contribution >= 4 is 11.8 Å². The second-order valence-corrected chi connectivity index (χ2v) is 4.51. The van der Waals surface area contributed by atoms with E-state index in [-0.39, 0.29) is 23.5 Å². The molecule has 1 aliphatic heterocycles. The minimum atomic E-state index is -1.38. The monoisotopic (exact) mass is 279 g/mol. The first kappa shape index (κ1) is 14.3. The number of nitrogens with zero attached hydrogens (tertiary/aromatic N) is 1. The highest BCUT2D eigenvalue weighted by Gasteiger charge is 2.37. The van der Waals surface area contributed by atoms with E-state index in [0.717, 1.165) is 0 Å². The second kappa shape index (κ2) is 5.50. The summed E-state index contributed by atoms with van der Waals surface area (Å²) in [4.78, 5) is 26.0. The zero-order valence-electron chi connectivity index (χ0n) is 11.7. The van der Waals surface area contributed by atoms with Crippen LogP contribution in [0.2, 0.25) is 0 Å². The van der Waals surface area contributed by atoms with Crippen LogP contribution in [0.4, 0.5) is 0 Å². The van der Waals surface area contributed by atoms with Gasteiger partial charge in [-0.1, -0.05) is 0 Å². The number of likely N-dealkylation sites (N-methyl/N-ethyl adjacent to an activating group) is 1. The Labute approximate surface area is 117 Å². The summed E-state index contributed by atoms with van der Waals surface area (Å²) in [5, 5.41) is 9.90. The van der Waals surface area contributed by atoms with Gasteiger partial charge in [0.15, 0.2) is 11.9 Å². The molecule has 1 aliphatic carbocycles. The molecule has 2 aliphatic rings. The molecule has 0 aromatic heterocycles. The number of carbonyl (C=O) groups is 2. The number of carbonyl (C=O) groups excluding carboxylic acids is 2. The molecule has 0 aromatic carbocycles. The Morgan fingerprint density at radius 3 is 2.75 bits per heavy atom. The number of fused-ring (bicyclic) bond motifs is 1. The number of Topliss-reactive ketones (excluding diaryl/α,β-unsaturated/α-hetero) is 1. The van der Waals surface area contributed by atoms with E-state index in [1.54, 1.807) is 12.3 Å². The number of aliphatic hydroxyl groups excluding tert-OH is 1. The molecule has 6 nitrogen and oxygen atoms in total. The smallest absolute Gasteiger partial charge is 0.336 e.